The summed E-state index contributed by atoms with van der Waals surface area (Å²) in [6.45, 7) is 0. The van der Waals surface area contributed by atoms with Gasteiger partial charge < -0.3 is 4.98 Å². The predicted molar refractivity (Wildman–Crippen MR) is 140 cm³/mol. The third-order valence-corrected chi connectivity index (χ3v) is 9.09. The van der Waals surface area contributed by atoms with Gasteiger partial charge in [0.2, 0.25) is 0 Å². The molecular weight excluding hydrogens is 603 g/mol. The first kappa shape index (κ1) is 21.5. The molecule has 5 aliphatic rings. The number of aromatic nitrogens is 1. The van der Waals surface area contributed by atoms with E-state index in [2.05, 4.69) is 91.1 Å². The minimum absolute atomic E-state index is 0. The van der Waals surface area contributed by atoms with Gasteiger partial charge in [0, 0.05) is 26.3 Å². The number of rotatable bonds is 2. The molecule has 5 aliphatic carbocycles. The average Bonchev–Trinajstić information content (AvgIpc) is 2.93. The molecular formula is C33H26IrN-. The maximum Gasteiger partial charge on any atom is 0.0199 e. The van der Waals surface area contributed by atoms with Gasteiger partial charge in [-0.15, -0.1) is 23.6 Å². The molecule has 0 saturated heterocycles. The van der Waals surface area contributed by atoms with Crippen LogP contribution in [0.5, 0.6) is 0 Å². The number of pyridine rings is 1. The van der Waals surface area contributed by atoms with Crippen molar-refractivity contribution < 1.29 is 20.1 Å². The van der Waals surface area contributed by atoms with Crippen molar-refractivity contribution in [1.29, 1.82) is 0 Å². The van der Waals surface area contributed by atoms with Crippen LogP contribution in [0.2, 0.25) is 0 Å². The molecule has 35 heavy (non-hydrogen) atoms. The topological polar surface area (TPSA) is 12.9 Å². The molecule has 173 valence electrons. The van der Waals surface area contributed by atoms with E-state index in [1.807, 2.05) is 0 Å². The zero-order chi connectivity index (χ0) is 22.2. The van der Waals surface area contributed by atoms with Crippen molar-refractivity contribution in [3.63, 3.8) is 0 Å². The molecule has 0 spiro atoms. The summed E-state index contributed by atoms with van der Waals surface area (Å²) in [6, 6.07) is 32.1. The molecule has 0 aliphatic heterocycles. The smallest absolute Gasteiger partial charge is 0.0199 e. The van der Waals surface area contributed by atoms with Gasteiger partial charge in [0.25, 0.3) is 0 Å². The second-order valence-corrected chi connectivity index (χ2v) is 10.6. The standard InChI is InChI=1S/C33H26N.Ir/c1-2-6-20(7-3-1)21-8-4-9-22(16-21)25-10-5-11-27-26(25)14-15-28-32-30-18-23-12-13-24(30)17-29(23)31(32)19-34-33(27)28;/h1-10,14-16,19,23-24,29-30H,12-13,17-18H2;/q-1;. The van der Waals surface area contributed by atoms with Crippen LogP contribution in [-0.2, 0) is 20.1 Å². The summed E-state index contributed by atoms with van der Waals surface area (Å²) in [4.78, 5) is 5.09. The molecule has 1 aromatic heterocycles. The van der Waals surface area contributed by atoms with E-state index in [-0.39, 0.29) is 20.1 Å². The normalized spacial score (nSPS) is 23.9. The summed E-state index contributed by atoms with van der Waals surface area (Å²) in [6.07, 6.45) is 7.89. The van der Waals surface area contributed by atoms with Crippen molar-refractivity contribution in [3.8, 4) is 22.3 Å². The van der Waals surface area contributed by atoms with Crippen LogP contribution in [0.4, 0.5) is 0 Å². The summed E-state index contributed by atoms with van der Waals surface area (Å²) in [7, 11) is 0. The summed E-state index contributed by atoms with van der Waals surface area (Å²) < 4.78 is 0. The molecule has 4 unspecified atom stereocenters. The van der Waals surface area contributed by atoms with Gasteiger partial charge >= 0.3 is 0 Å². The Morgan fingerprint density at radius 3 is 2.29 bits per heavy atom. The largest absolute Gasteiger partial charge is 0.304 e. The predicted octanol–water partition coefficient (Wildman–Crippen LogP) is 8.52. The first-order valence-electron chi connectivity index (χ1n) is 12.8. The summed E-state index contributed by atoms with van der Waals surface area (Å²) >= 11 is 0. The molecule has 1 heterocycles. The van der Waals surface area contributed by atoms with Gasteiger partial charge in [-0.2, -0.15) is 0 Å². The van der Waals surface area contributed by atoms with Crippen molar-refractivity contribution in [2.24, 2.45) is 11.8 Å². The van der Waals surface area contributed by atoms with E-state index in [1.54, 1.807) is 11.1 Å². The SMILES string of the molecule is [Ir].[c-]1ccc(-c2cccc(-c3ccccc3)c2)c2ccc3c4c(cnc3c12)C1CC2CCC1CC42. The summed E-state index contributed by atoms with van der Waals surface area (Å²) in [5.41, 5.74) is 9.34. The fourth-order valence-electron chi connectivity index (χ4n) is 7.59. The van der Waals surface area contributed by atoms with E-state index in [0.717, 1.165) is 34.6 Å². The Morgan fingerprint density at radius 1 is 0.714 bits per heavy atom. The minimum atomic E-state index is 0. The van der Waals surface area contributed by atoms with E-state index in [4.69, 9.17) is 4.98 Å². The van der Waals surface area contributed by atoms with Crippen molar-refractivity contribution in [1.82, 2.24) is 4.98 Å². The zero-order valence-electron chi connectivity index (χ0n) is 19.5. The first-order chi connectivity index (χ1) is 16.8. The van der Waals surface area contributed by atoms with Crippen molar-refractivity contribution in [2.45, 2.75) is 37.5 Å². The first-order valence-corrected chi connectivity index (χ1v) is 12.8. The van der Waals surface area contributed by atoms with Crippen LogP contribution in [0.25, 0.3) is 43.9 Å². The Morgan fingerprint density at radius 2 is 1.46 bits per heavy atom. The quantitative estimate of drug-likeness (QED) is 0.141. The van der Waals surface area contributed by atoms with E-state index in [9.17, 15) is 0 Å². The molecule has 1 radical (unpaired) electrons. The number of fused-ring (bicyclic) bond motifs is 4. The van der Waals surface area contributed by atoms with Crippen LogP contribution in [0.15, 0.2) is 85.1 Å². The fourth-order valence-corrected chi connectivity index (χ4v) is 7.59. The van der Waals surface area contributed by atoms with Gasteiger partial charge in [0.15, 0.2) is 0 Å². The Kier molecular flexibility index (Phi) is 4.98. The molecule has 0 N–H and O–H groups in total. The molecule has 4 bridgehead atoms. The fraction of sp³-hybridized carbons (Fsp3) is 0.242. The van der Waals surface area contributed by atoms with Gasteiger partial charge in [0.1, 0.15) is 0 Å². The molecule has 4 atom stereocenters. The molecule has 2 heteroatoms. The number of benzene rings is 4. The number of hydrogen-bond donors (Lipinski definition) is 0. The van der Waals surface area contributed by atoms with E-state index < -0.39 is 0 Å². The second-order valence-electron chi connectivity index (χ2n) is 10.6. The van der Waals surface area contributed by atoms with Crippen LogP contribution in [0.1, 0.15) is 48.6 Å². The van der Waals surface area contributed by atoms with Crippen molar-refractivity contribution >= 4 is 21.7 Å². The van der Waals surface area contributed by atoms with Crippen LogP contribution in [0, 0.1) is 17.9 Å². The summed E-state index contributed by atoms with van der Waals surface area (Å²) in [5, 5.41) is 3.79. The Bertz CT molecular complexity index is 1590. The van der Waals surface area contributed by atoms with Gasteiger partial charge in [0.05, 0.1) is 0 Å². The monoisotopic (exact) mass is 629 g/mol. The Hall–Kier alpha value is -2.80. The van der Waals surface area contributed by atoms with Crippen LogP contribution in [-0.4, -0.2) is 4.98 Å². The van der Waals surface area contributed by atoms with E-state index >= 15 is 0 Å². The molecule has 3 saturated carbocycles. The van der Waals surface area contributed by atoms with E-state index in [0.29, 0.717) is 0 Å². The summed E-state index contributed by atoms with van der Waals surface area (Å²) in [5.74, 6) is 3.28. The molecule has 5 aromatic rings. The average molecular weight is 629 g/mol. The zero-order valence-corrected chi connectivity index (χ0v) is 21.9. The van der Waals surface area contributed by atoms with Gasteiger partial charge in [-0.1, -0.05) is 71.6 Å². The second kappa shape index (κ2) is 8.12. The Balaban J connectivity index is 0.00000210. The third-order valence-electron chi connectivity index (χ3n) is 9.09. The number of nitrogens with zero attached hydrogens (tertiary/aromatic N) is 1. The van der Waals surface area contributed by atoms with E-state index in [1.165, 1.54) is 58.7 Å². The van der Waals surface area contributed by atoms with Crippen LogP contribution < -0.4 is 0 Å². The van der Waals surface area contributed by atoms with Crippen molar-refractivity contribution in [3.05, 3.63) is 102 Å². The maximum absolute atomic E-state index is 5.09. The third kappa shape index (κ3) is 3.13. The van der Waals surface area contributed by atoms with Gasteiger partial charge in [-0.25, -0.2) is 0 Å². The number of hydrogen-bond acceptors (Lipinski definition) is 1. The van der Waals surface area contributed by atoms with Gasteiger partial charge in [-0.05, 0) is 94.1 Å². The van der Waals surface area contributed by atoms with Crippen molar-refractivity contribution in [2.75, 3.05) is 0 Å². The molecule has 4 aromatic carbocycles. The minimum Gasteiger partial charge on any atom is -0.304 e. The van der Waals surface area contributed by atoms with Crippen LogP contribution in [0.3, 0.4) is 0 Å². The van der Waals surface area contributed by atoms with Gasteiger partial charge in [-0.3, -0.25) is 0 Å². The molecule has 3 fully saturated rings. The molecule has 1 nitrogen and oxygen atoms in total. The maximum atomic E-state index is 5.09. The van der Waals surface area contributed by atoms with Crippen LogP contribution >= 0.6 is 0 Å². The molecule has 10 rings (SSSR count). The molecule has 0 amide bonds. The Labute approximate surface area is 220 Å².